The Kier molecular flexibility index (Phi) is 4.96. The van der Waals surface area contributed by atoms with Crippen molar-refractivity contribution in [2.45, 2.75) is 26.5 Å². The lowest BCUT2D eigenvalue weighted by Gasteiger charge is -2.28. The second kappa shape index (κ2) is 6.01. The third-order valence-corrected chi connectivity index (χ3v) is 2.73. The molecule has 1 N–H and O–H groups in total. The van der Waals surface area contributed by atoms with Gasteiger partial charge in [-0.3, -0.25) is 0 Å². The summed E-state index contributed by atoms with van der Waals surface area (Å²) in [5, 5.41) is 9.33. The predicted octanol–water partition coefficient (Wildman–Crippen LogP) is 2.74. The van der Waals surface area contributed by atoms with E-state index in [0.29, 0.717) is 6.04 Å². The Hall–Kier alpha value is -0.870. The highest BCUT2D eigenvalue weighted by Gasteiger charge is 2.14. The SMILES string of the molecule is C=CCN(c1ncc(Br)cc1CO)C(C)C. The number of hydrogen-bond donors (Lipinski definition) is 1. The van der Waals surface area contributed by atoms with Crippen molar-refractivity contribution in [2.75, 3.05) is 11.4 Å². The number of aromatic nitrogens is 1. The molecule has 3 nitrogen and oxygen atoms in total. The van der Waals surface area contributed by atoms with Crippen LogP contribution >= 0.6 is 15.9 Å². The van der Waals surface area contributed by atoms with E-state index in [9.17, 15) is 5.11 Å². The van der Waals surface area contributed by atoms with Gasteiger partial charge in [0.15, 0.2) is 0 Å². The molecule has 1 rings (SSSR count). The first-order chi connectivity index (χ1) is 7.60. The highest BCUT2D eigenvalue weighted by Crippen LogP contribution is 2.23. The van der Waals surface area contributed by atoms with Crippen LogP contribution < -0.4 is 4.90 Å². The molecule has 0 spiro atoms. The van der Waals surface area contributed by atoms with Gasteiger partial charge in [-0.25, -0.2) is 4.98 Å². The molecule has 4 heteroatoms. The molecule has 0 unspecified atom stereocenters. The topological polar surface area (TPSA) is 36.4 Å². The van der Waals surface area contributed by atoms with E-state index in [1.807, 2.05) is 12.1 Å². The minimum absolute atomic E-state index is 0.0118. The van der Waals surface area contributed by atoms with Crippen molar-refractivity contribution in [3.8, 4) is 0 Å². The van der Waals surface area contributed by atoms with Crippen LogP contribution in [0.1, 0.15) is 19.4 Å². The third kappa shape index (κ3) is 3.06. The van der Waals surface area contributed by atoms with Crippen molar-refractivity contribution >= 4 is 21.7 Å². The number of aliphatic hydroxyl groups is 1. The van der Waals surface area contributed by atoms with Crippen LogP contribution in [0.15, 0.2) is 29.4 Å². The van der Waals surface area contributed by atoms with E-state index in [0.717, 1.165) is 22.4 Å². The summed E-state index contributed by atoms with van der Waals surface area (Å²) in [6.07, 6.45) is 3.58. The molecule has 1 heterocycles. The number of aliphatic hydroxyl groups excluding tert-OH is 1. The number of halogens is 1. The molecule has 0 radical (unpaired) electrons. The summed E-state index contributed by atoms with van der Waals surface area (Å²) in [5.41, 5.74) is 0.824. The Morgan fingerprint density at radius 1 is 1.62 bits per heavy atom. The van der Waals surface area contributed by atoms with E-state index in [1.165, 1.54) is 0 Å². The van der Waals surface area contributed by atoms with Gasteiger partial charge in [-0.05, 0) is 35.8 Å². The van der Waals surface area contributed by atoms with E-state index in [1.54, 1.807) is 6.20 Å². The van der Waals surface area contributed by atoms with Crippen molar-refractivity contribution in [3.05, 3.63) is 35.0 Å². The molecule has 16 heavy (non-hydrogen) atoms. The van der Waals surface area contributed by atoms with Crippen LogP contribution in [0.2, 0.25) is 0 Å². The molecule has 1 aromatic heterocycles. The molecular formula is C12H17BrN2O. The molecule has 0 aromatic carbocycles. The Labute approximate surface area is 105 Å². The van der Waals surface area contributed by atoms with E-state index in [-0.39, 0.29) is 6.61 Å². The maximum atomic E-state index is 9.33. The zero-order valence-corrected chi connectivity index (χ0v) is 11.2. The Bertz CT molecular complexity index is 366. The van der Waals surface area contributed by atoms with E-state index in [4.69, 9.17) is 0 Å². The van der Waals surface area contributed by atoms with Gasteiger partial charge in [0.1, 0.15) is 5.82 Å². The van der Waals surface area contributed by atoms with E-state index in [2.05, 4.69) is 46.2 Å². The maximum Gasteiger partial charge on any atom is 0.134 e. The first kappa shape index (κ1) is 13.2. The molecule has 0 fully saturated rings. The first-order valence-electron chi connectivity index (χ1n) is 5.23. The number of pyridine rings is 1. The average molecular weight is 285 g/mol. The number of nitrogens with zero attached hydrogens (tertiary/aromatic N) is 2. The largest absolute Gasteiger partial charge is 0.392 e. The molecule has 0 amide bonds. The van der Waals surface area contributed by atoms with Gasteiger partial charge in [0.05, 0.1) is 6.61 Å². The highest BCUT2D eigenvalue weighted by molar-refractivity contribution is 9.10. The first-order valence-corrected chi connectivity index (χ1v) is 6.02. The van der Waals surface area contributed by atoms with Crippen molar-refractivity contribution in [2.24, 2.45) is 0 Å². The third-order valence-electron chi connectivity index (χ3n) is 2.30. The summed E-state index contributed by atoms with van der Waals surface area (Å²) in [6.45, 7) is 8.63. The molecule has 0 saturated carbocycles. The molecule has 0 saturated heterocycles. The van der Waals surface area contributed by atoms with Crippen molar-refractivity contribution in [1.29, 1.82) is 0 Å². The summed E-state index contributed by atoms with van der Waals surface area (Å²) in [4.78, 5) is 6.46. The zero-order chi connectivity index (χ0) is 12.1. The van der Waals surface area contributed by atoms with Gasteiger partial charge in [-0.15, -0.1) is 6.58 Å². The Balaban J connectivity index is 3.12. The van der Waals surface area contributed by atoms with Gasteiger partial charge < -0.3 is 10.0 Å². The van der Waals surface area contributed by atoms with Crippen LogP contribution in [0, 0.1) is 0 Å². The minimum Gasteiger partial charge on any atom is -0.392 e. The van der Waals surface area contributed by atoms with Gasteiger partial charge in [-0.2, -0.15) is 0 Å². The fourth-order valence-corrected chi connectivity index (χ4v) is 1.91. The smallest absolute Gasteiger partial charge is 0.134 e. The van der Waals surface area contributed by atoms with Crippen LogP contribution in [0.5, 0.6) is 0 Å². The Morgan fingerprint density at radius 2 is 2.31 bits per heavy atom. The van der Waals surface area contributed by atoms with Crippen LogP contribution in [-0.4, -0.2) is 22.7 Å². The van der Waals surface area contributed by atoms with E-state index >= 15 is 0 Å². The molecule has 0 bridgehead atoms. The van der Waals surface area contributed by atoms with Crippen molar-refractivity contribution in [3.63, 3.8) is 0 Å². The fraction of sp³-hybridized carbons (Fsp3) is 0.417. The standard InChI is InChI=1S/C12H17BrN2O/c1-4-5-15(9(2)3)12-10(8-16)6-11(13)7-14-12/h4,6-7,9,16H,1,5,8H2,2-3H3. The number of rotatable bonds is 5. The minimum atomic E-state index is -0.0118. The second-order valence-electron chi connectivity index (χ2n) is 3.83. The lowest BCUT2D eigenvalue weighted by Crippen LogP contribution is -2.32. The molecule has 1 aromatic rings. The summed E-state index contributed by atoms with van der Waals surface area (Å²) in [6, 6.07) is 2.21. The van der Waals surface area contributed by atoms with Crippen LogP contribution in [0.25, 0.3) is 0 Å². The summed E-state index contributed by atoms with van der Waals surface area (Å²) in [7, 11) is 0. The Morgan fingerprint density at radius 3 is 2.81 bits per heavy atom. The van der Waals surface area contributed by atoms with Crippen molar-refractivity contribution < 1.29 is 5.11 Å². The normalized spacial score (nSPS) is 10.6. The van der Waals surface area contributed by atoms with Gasteiger partial charge in [0.2, 0.25) is 0 Å². The lowest BCUT2D eigenvalue weighted by atomic mass is 10.2. The molecule has 0 aliphatic carbocycles. The van der Waals surface area contributed by atoms with Gasteiger partial charge in [0.25, 0.3) is 0 Å². The van der Waals surface area contributed by atoms with Crippen LogP contribution in [0.4, 0.5) is 5.82 Å². The maximum absolute atomic E-state index is 9.33. The molecule has 0 aliphatic rings. The van der Waals surface area contributed by atoms with Gasteiger partial charge in [-0.1, -0.05) is 6.08 Å². The average Bonchev–Trinajstić information content (AvgIpc) is 2.26. The summed E-state index contributed by atoms with van der Waals surface area (Å²) >= 11 is 3.35. The quantitative estimate of drug-likeness (QED) is 0.845. The lowest BCUT2D eigenvalue weighted by molar-refractivity contribution is 0.281. The predicted molar refractivity (Wildman–Crippen MR) is 70.5 cm³/mol. The number of hydrogen-bond acceptors (Lipinski definition) is 3. The zero-order valence-electron chi connectivity index (χ0n) is 9.65. The highest BCUT2D eigenvalue weighted by atomic mass is 79.9. The number of anilines is 1. The summed E-state index contributed by atoms with van der Waals surface area (Å²) in [5.74, 6) is 0.820. The molecule has 0 aliphatic heterocycles. The molecule has 0 atom stereocenters. The van der Waals surface area contributed by atoms with Crippen LogP contribution in [-0.2, 0) is 6.61 Å². The summed E-state index contributed by atoms with van der Waals surface area (Å²) < 4.78 is 0.877. The van der Waals surface area contributed by atoms with Gasteiger partial charge >= 0.3 is 0 Å². The van der Waals surface area contributed by atoms with E-state index < -0.39 is 0 Å². The van der Waals surface area contributed by atoms with Crippen LogP contribution in [0.3, 0.4) is 0 Å². The fourth-order valence-electron chi connectivity index (χ4n) is 1.53. The monoisotopic (exact) mass is 284 g/mol. The molecule has 88 valence electrons. The molecular weight excluding hydrogens is 268 g/mol. The van der Waals surface area contributed by atoms with Gasteiger partial charge in [0, 0.05) is 28.8 Å². The second-order valence-corrected chi connectivity index (χ2v) is 4.74. The van der Waals surface area contributed by atoms with Crippen molar-refractivity contribution in [1.82, 2.24) is 4.98 Å².